The first-order valence-electron chi connectivity index (χ1n) is 8.23. The lowest BCUT2D eigenvalue weighted by Gasteiger charge is -2.36. The number of carboxylic acids is 1. The molecule has 1 heterocycles. The van der Waals surface area contributed by atoms with Gasteiger partial charge in [-0.15, -0.1) is 0 Å². The van der Waals surface area contributed by atoms with Crippen LogP contribution in [0.25, 0.3) is 0 Å². The van der Waals surface area contributed by atoms with Crippen LogP contribution >= 0.6 is 0 Å². The SMILES string of the molecule is CC1CCC(NC(=O)N2CCCC(CC(=O)O)C2)CC1C. The standard InChI is InChI=1S/C16H28N2O3/c1-11-5-6-14(8-12(11)2)17-16(21)18-7-3-4-13(10-18)9-15(19)20/h11-14H,3-10H2,1-2H3,(H,17,21)(H,19,20). The molecule has 4 atom stereocenters. The fourth-order valence-electron chi connectivity index (χ4n) is 3.61. The Morgan fingerprint density at radius 3 is 2.62 bits per heavy atom. The van der Waals surface area contributed by atoms with Gasteiger partial charge in [0.2, 0.25) is 0 Å². The molecule has 0 radical (unpaired) electrons. The highest BCUT2D eigenvalue weighted by Gasteiger charge is 2.29. The van der Waals surface area contributed by atoms with Crippen molar-refractivity contribution in [1.82, 2.24) is 10.2 Å². The predicted octanol–water partition coefficient (Wildman–Crippen LogP) is 2.71. The molecule has 4 unspecified atom stereocenters. The summed E-state index contributed by atoms with van der Waals surface area (Å²) in [5.41, 5.74) is 0. The van der Waals surface area contributed by atoms with Gasteiger partial charge in [-0.1, -0.05) is 13.8 Å². The molecule has 0 spiro atoms. The smallest absolute Gasteiger partial charge is 0.317 e. The fourth-order valence-corrected chi connectivity index (χ4v) is 3.61. The monoisotopic (exact) mass is 296 g/mol. The summed E-state index contributed by atoms with van der Waals surface area (Å²) < 4.78 is 0. The normalized spacial score (nSPS) is 33.5. The summed E-state index contributed by atoms with van der Waals surface area (Å²) in [6, 6.07) is 0.278. The first-order chi connectivity index (χ1) is 9.95. The molecule has 1 saturated heterocycles. The maximum Gasteiger partial charge on any atom is 0.317 e. The third-order valence-electron chi connectivity index (χ3n) is 5.20. The van der Waals surface area contributed by atoms with Gasteiger partial charge in [-0.3, -0.25) is 4.79 Å². The second-order valence-corrected chi connectivity index (χ2v) is 6.97. The molecule has 2 fully saturated rings. The zero-order valence-corrected chi connectivity index (χ0v) is 13.2. The quantitative estimate of drug-likeness (QED) is 0.841. The number of aliphatic carboxylic acids is 1. The molecule has 0 aromatic rings. The molecule has 0 aromatic heterocycles. The van der Waals surface area contributed by atoms with Crippen molar-refractivity contribution >= 4 is 12.0 Å². The number of hydrogen-bond donors (Lipinski definition) is 2. The Morgan fingerprint density at radius 2 is 1.95 bits per heavy atom. The van der Waals surface area contributed by atoms with Crippen LogP contribution in [0.3, 0.4) is 0 Å². The molecular formula is C16H28N2O3. The zero-order valence-electron chi connectivity index (χ0n) is 13.2. The number of piperidine rings is 1. The summed E-state index contributed by atoms with van der Waals surface area (Å²) in [6.45, 7) is 5.87. The number of likely N-dealkylation sites (tertiary alicyclic amines) is 1. The van der Waals surface area contributed by atoms with Crippen LogP contribution in [0.1, 0.15) is 52.4 Å². The van der Waals surface area contributed by atoms with Gasteiger partial charge in [-0.05, 0) is 49.9 Å². The average molecular weight is 296 g/mol. The van der Waals surface area contributed by atoms with E-state index in [2.05, 4.69) is 19.2 Å². The van der Waals surface area contributed by atoms with Crippen molar-refractivity contribution < 1.29 is 14.7 Å². The van der Waals surface area contributed by atoms with Crippen LogP contribution in [-0.4, -0.2) is 41.1 Å². The van der Waals surface area contributed by atoms with Crippen molar-refractivity contribution in [3.8, 4) is 0 Å². The molecule has 1 aliphatic carbocycles. The van der Waals surface area contributed by atoms with Crippen molar-refractivity contribution in [1.29, 1.82) is 0 Å². The second-order valence-electron chi connectivity index (χ2n) is 6.97. The minimum atomic E-state index is -0.766. The molecule has 5 heteroatoms. The highest BCUT2D eigenvalue weighted by molar-refractivity contribution is 5.75. The summed E-state index contributed by atoms with van der Waals surface area (Å²) >= 11 is 0. The van der Waals surface area contributed by atoms with Crippen molar-refractivity contribution in [3.63, 3.8) is 0 Å². The number of rotatable bonds is 3. The van der Waals surface area contributed by atoms with Gasteiger partial charge in [0.15, 0.2) is 0 Å². The molecule has 2 aliphatic rings. The third kappa shape index (κ3) is 4.61. The highest BCUT2D eigenvalue weighted by atomic mass is 16.4. The van der Waals surface area contributed by atoms with Gasteiger partial charge < -0.3 is 15.3 Å². The van der Waals surface area contributed by atoms with Gasteiger partial charge >= 0.3 is 12.0 Å². The van der Waals surface area contributed by atoms with E-state index in [4.69, 9.17) is 5.11 Å². The molecule has 1 saturated carbocycles. The number of carbonyl (C=O) groups excluding carboxylic acids is 1. The maximum atomic E-state index is 12.4. The Labute approximate surface area is 127 Å². The van der Waals surface area contributed by atoms with E-state index >= 15 is 0 Å². The predicted molar refractivity (Wildman–Crippen MR) is 81.0 cm³/mol. The van der Waals surface area contributed by atoms with Gasteiger partial charge in [-0.2, -0.15) is 0 Å². The first-order valence-corrected chi connectivity index (χ1v) is 8.23. The summed E-state index contributed by atoms with van der Waals surface area (Å²) in [5, 5.41) is 12.0. The summed E-state index contributed by atoms with van der Waals surface area (Å²) in [4.78, 5) is 25.0. The van der Waals surface area contributed by atoms with E-state index in [1.54, 1.807) is 4.90 Å². The molecule has 5 nitrogen and oxygen atoms in total. The van der Waals surface area contributed by atoms with Gasteiger partial charge in [0.25, 0.3) is 0 Å². The Bertz CT molecular complexity index is 386. The van der Waals surface area contributed by atoms with Crippen LogP contribution in [0.15, 0.2) is 0 Å². The van der Waals surface area contributed by atoms with Gasteiger partial charge in [0.05, 0.1) is 0 Å². The molecule has 2 N–H and O–H groups in total. The molecular weight excluding hydrogens is 268 g/mol. The molecule has 2 amide bonds. The van der Waals surface area contributed by atoms with E-state index in [1.807, 2.05) is 0 Å². The van der Waals surface area contributed by atoms with Crippen LogP contribution in [0.2, 0.25) is 0 Å². The Morgan fingerprint density at radius 1 is 1.19 bits per heavy atom. The van der Waals surface area contributed by atoms with E-state index < -0.39 is 5.97 Å². The van der Waals surface area contributed by atoms with E-state index in [1.165, 1.54) is 6.42 Å². The lowest BCUT2D eigenvalue weighted by Crippen LogP contribution is -2.50. The molecule has 0 aromatic carbocycles. The third-order valence-corrected chi connectivity index (χ3v) is 5.20. The fraction of sp³-hybridized carbons (Fsp3) is 0.875. The first kappa shape index (κ1) is 16.1. The summed E-state index contributed by atoms with van der Waals surface area (Å²) in [5.74, 6) is 0.739. The summed E-state index contributed by atoms with van der Waals surface area (Å²) in [7, 11) is 0. The van der Waals surface area contributed by atoms with Crippen molar-refractivity contribution in [2.75, 3.05) is 13.1 Å². The number of amides is 2. The molecule has 2 rings (SSSR count). The van der Waals surface area contributed by atoms with E-state index in [0.717, 1.165) is 38.1 Å². The lowest BCUT2D eigenvalue weighted by atomic mass is 9.79. The van der Waals surface area contributed by atoms with Gasteiger partial charge in [0, 0.05) is 25.6 Å². The van der Waals surface area contributed by atoms with Gasteiger partial charge in [-0.25, -0.2) is 4.79 Å². The Kier molecular flexibility index (Phi) is 5.48. The van der Waals surface area contributed by atoms with Crippen LogP contribution in [0.4, 0.5) is 4.79 Å². The molecule has 21 heavy (non-hydrogen) atoms. The van der Waals surface area contributed by atoms with Crippen LogP contribution in [0.5, 0.6) is 0 Å². The van der Waals surface area contributed by atoms with Crippen LogP contribution in [0, 0.1) is 17.8 Å². The van der Waals surface area contributed by atoms with E-state index in [9.17, 15) is 9.59 Å². The number of nitrogens with zero attached hydrogens (tertiary/aromatic N) is 1. The number of nitrogens with one attached hydrogen (secondary N) is 1. The molecule has 0 bridgehead atoms. The zero-order chi connectivity index (χ0) is 15.4. The van der Waals surface area contributed by atoms with Gasteiger partial charge in [0.1, 0.15) is 0 Å². The van der Waals surface area contributed by atoms with Crippen LogP contribution < -0.4 is 5.32 Å². The average Bonchev–Trinajstić information content (AvgIpc) is 2.42. The Balaban J connectivity index is 1.81. The van der Waals surface area contributed by atoms with E-state index in [0.29, 0.717) is 12.5 Å². The maximum absolute atomic E-state index is 12.4. The highest BCUT2D eigenvalue weighted by Crippen LogP contribution is 2.29. The minimum Gasteiger partial charge on any atom is -0.481 e. The molecule has 1 aliphatic heterocycles. The number of hydrogen-bond acceptors (Lipinski definition) is 2. The van der Waals surface area contributed by atoms with Crippen molar-refractivity contribution in [2.45, 2.75) is 58.4 Å². The second kappa shape index (κ2) is 7.14. The lowest BCUT2D eigenvalue weighted by molar-refractivity contribution is -0.138. The van der Waals surface area contributed by atoms with Crippen LogP contribution in [-0.2, 0) is 4.79 Å². The topological polar surface area (TPSA) is 69.6 Å². The van der Waals surface area contributed by atoms with Crippen molar-refractivity contribution in [2.24, 2.45) is 17.8 Å². The van der Waals surface area contributed by atoms with Crippen molar-refractivity contribution in [3.05, 3.63) is 0 Å². The Hall–Kier alpha value is -1.26. The minimum absolute atomic E-state index is 0.00292. The number of urea groups is 1. The van der Waals surface area contributed by atoms with E-state index in [-0.39, 0.29) is 24.4 Å². The number of carbonyl (C=O) groups is 2. The number of carboxylic acid groups (broad SMARTS) is 1. The largest absolute Gasteiger partial charge is 0.481 e. The summed E-state index contributed by atoms with van der Waals surface area (Å²) in [6.07, 6.45) is 5.27. The molecule has 120 valence electrons.